The van der Waals surface area contributed by atoms with Gasteiger partial charge in [0.25, 0.3) is 0 Å². The standard InChI is InChI=1S/C15H23N3O2/c1-20-11-10-18(12-6-7-12)9-8-15(19)17-14-5-3-2-4-13(14)16/h2-5,12H,6-11,16H2,1H3,(H,17,19). The van der Waals surface area contributed by atoms with Gasteiger partial charge in [-0.05, 0) is 25.0 Å². The quantitative estimate of drug-likeness (QED) is 0.710. The topological polar surface area (TPSA) is 67.6 Å². The van der Waals surface area contributed by atoms with Crippen molar-refractivity contribution in [3.05, 3.63) is 24.3 Å². The minimum Gasteiger partial charge on any atom is -0.397 e. The summed E-state index contributed by atoms with van der Waals surface area (Å²) in [5.41, 5.74) is 7.09. The number of nitrogen functional groups attached to an aromatic ring is 1. The van der Waals surface area contributed by atoms with E-state index in [2.05, 4.69) is 10.2 Å². The molecule has 0 spiro atoms. The molecule has 0 bridgehead atoms. The predicted octanol–water partition coefficient (Wildman–Crippen LogP) is 1.71. The zero-order valence-corrected chi connectivity index (χ0v) is 12.0. The second kappa shape index (κ2) is 7.26. The highest BCUT2D eigenvalue weighted by atomic mass is 16.5. The van der Waals surface area contributed by atoms with Crippen molar-refractivity contribution in [3.8, 4) is 0 Å². The van der Waals surface area contributed by atoms with E-state index in [0.29, 0.717) is 30.4 Å². The van der Waals surface area contributed by atoms with E-state index in [0.717, 1.165) is 13.1 Å². The van der Waals surface area contributed by atoms with Gasteiger partial charge in [-0.25, -0.2) is 0 Å². The van der Waals surface area contributed by atoms with Gasteiger partial charge in [-0.3, -0.25) is 9.69 Å². The Balaban J connectivity index is 1.77. The number of carbonyl (C=O) groups excluding carboxylic acids is 1. The molecule has 5 heteroatoms. The van der Waals surface area contributed by atoms with Crippen molar-refractivity contribution in [2.75, 3.05) is 37.9 Å². The van der Waals surface area contributed by atoms with Crippen LogP contribution in [0.15, 0.2) is 24.3 Å². The molecular weight excluding hydrogens is 254 g/mol. The normalized spacial score (nSPS) is 14.5. The van der Waals surface area contributed by atoms with Gasteiger partial charge in [0.15, 0.2) is 0 Å². The largest absolute Gasteiger partial charge is 0.397 e. The molecule has 0 aromatic heterocycles. The van der Waals surface area contributed by atoms with E-state index in [9.17, 15) is 4.79 Å². The van der Waals surface area contributed by atoms with E-state index in [-0.39, 0.29) is 5.91 Å². The van der Waals surface area contributed by atoms with Crippen LogP contribution in [-0.2, 0) is 9.53 Å². The van der Waals surface area contributed by atoms with Crippen molar-refractivity contribution in [2.45, 2.75) is 25.3 Å². The lowest BCUT2D eigenvalue weighted by Gasteiger charge is -2.21. The van der Waals surface area contributed by atoms with Crippen molar-refractivity contribution in [1.82, 2.24) is 4.90 Å². The van der Waals surface area contributed by atoms with Crippen molar-refractivity contribution in [1.29, 1.82) is 0 Å². The van der Waals surface area contributed by atoms with Crippen molar-refractivity contribution in [3.63, 3.8) is 0 Å². The molecule has 1 amide bonds. The number of para-hydroxylation sites is 2. The van der Waals surface area contributed by atoms with Gasteiger partial charge < -0.3 is 15.8 Å². The molecule has 1 aliphatic carbocycles. The van der Waals surface area contributed by atoms with Crippen LogP contribution in [0.1, 0.15) is 19.3 Å². The molecule has 1 aromatic rings. The Kier molecular flexibility index (Phi) is 5.38. The number of benzene rings is 1. The highest BCUT2D eigenvalue weighted by Crippen LogP contribution is 2.26. The first-order valence-corrected chi connectivity index (χ1v) is 7.08. The average Bonchev–Trinajstić information content (AvgIpc) is 3.26. The molecule has 1 aliphatic rings. The fraction of sp³-hybridized carbons (Fsp3) is 0.533. The minimum atomic E-state index is 0.00552. The lowest BCUT2D eigenvalue weighted by molar-refractivity contribution is -0.116. The summed E-state index contributed by atoms with van der Waals surface area (Å²) in [6, 6.07) is 7.95. The fourth-order valence-electron chi connectivity index (χ4n) is 2.19. The van der Waals surface area contributed by atoms with E-state index in [4.69, 9.17) is 10.5 Å². The zero-order valence-electron chi connectivity index (χ0n) is 12.0. The Labute approximate surface area is 120 Å². The van der Waals surface area contributed by atoms with Gasteiger partial charge in [0.1, 0.15) is 0 Å². The highest BCUT2D eigenvalue weighted by Gasteiger charge is 2.28. The summed E-state index contributed by atoms with van der Waals surface area (Å²) in [6.45, 7) is 2.37. The summed E-state index contributed by atoms with van der Waals surface area (Å²) >= 11 is 0. The molecule has 5 nitrogen and oxygen atoms in total. The van der Waals surface area contributed by atoms with Gasteiger partial charge >= 0.3 is 0 Å². The molecule has 0 radical (unpaired) electrons. The molecule has 1 aromatic carbocycles. The summed E-state index contributed by atoms with van der Waals surface area (Å²) in [7, 11) is 1.70. The molecular formula is C15H23N3O2. The van der Waals surface area contributed by atoms with Crippen LogP contribution in [0.5, 0.6) is 0 Å². The number of amides is 1. The van der Waals surface area contributed by atoms with Gasteiger partial charge in [-0.15, -0.1) is 0 Å². The minimum absolute atomic E-state index is 0.00552. The molecule has 0 heterocycles. The number of anilines is 2. The van der Waals surface area contributed by atoms with Crippen LogP contribution < -0.4 is 11.1 Å². The summed E-state index contributed by atoms with van der Waals surface area (Å²) in [6.07, 6.45) is 2.95. The Morgan fingerprint density at radius 1 is 1.40 bits per heavy atom. The number of hydrogen-bond donors (Lipinski definition) is 2. The second-order valence-electron chi connectivity index (χ2n) is 5.15. The first kappa shape index (κ1) is 14.8. The summed E-state index contributed by atoms with van der Waals surface area (Å²) in [5, 5.41) is 2.86. The van der Waals surface area contributed by atoms with Crippen LogP contribution in [0.2, 0.25) is 0 Å². The molecule has 20 heavy (non-hydrogen) atoms. The zero-order chi connectivity index (χ0) is 14.4. The SMILES string of the molecule is COCCN(CCC(=O)Nc1ccccc1N)C1CC1. The number of hydrogen-bond acceptors (Lipinski definition) is 4. The lowest BCUT2D eigenvalue weighted by Crippen LogP contribution is -2.32. The van der Waals surface area contributed by atoms with Crippen LogP contribution in [0.25, 0.3) is 0 Å². The fourth-order valence-corrected chi connectivity index (χ4v) is 2.19. The molecule has 0 aliphatic heterocycles. The van der Waals surface area contributed by atoms with Crippen LogP contribution in [-0.4, -0.2) is 43.7 Å². The van der Waals surface area contributed by atoms with E-state index in [1.807, 2.05) is 18.2 Å². The van der Waals surface area contributed by atoms with Gasteiger partial charge in [-0.1, -0.05) is 12.1 Å². The molecule has 1 saturated carbocycles. The van der Waals surface area contributed by atoms with E-state index in [1.54, 1.807) is 13.2 Å². The number of nitrogens with two attached hydrogens (primary N) is 1. The number of nitrogens with one attached hydrogen (secondary N) is 1. The summed E-state index contributed by atoms with van der Waals surface area (Å²) < 4.78 is 5.11. The smallest absolute Gasteiger partial charge is 0.225 e. The molecule has 0 atom stereocenters. The second-order valence-corrected chi connectivity index (χ2v) is 5.15. The Morgan fingerprint density at radius 3 is 2.80 bits per heavy atom. The summed E-state index contributed by atoms with van der Waals surface area (Å²) in [4.78, 5) is 14.3. The predicted molar refractivity (Wildman–Crippen MR) is 80.6 cm³/mol. The van der Waals surface area contributed by atoms with Crippen LogP contribution in [0.4, 0.5) is 11.4 Å². The molecule has 0 saturated heterocycles. The Morgan fingerprint density at radius 2 is 2.15 bits per heavy atom. The molecule has 3 N–H and O–H groups in total. The molecule has 110 valence electrons. The Hall–Kier alpha value is -1.59. The third-order valence-electron chi connectivity index (χ3n) is 3.51. The van der Waals surface area contributed by atoms with E-state index in [1.165, 1.54) is 12.8 Å². The maximum absolute atomic E-state index is 12.0. The van der Waals surface area contributed by atoms with Crippen molar-refractivity contribution >= 4 is 17.3 Å². The van der Waals surface area contributed by atoms with Crippen LogP contribution in [0.3, 0.4) is 0 Å². The van der Waals surface area contributed by atoms with Gasteiger partial charge in [0.2, 0.25) is 5.91 Å². The first-order valence-electron chi connectivity index (χ1n) is 7.08. The van der Waals surface area contributed by atoms with E-state index >= 15 is 0 Å². The van der Waals surface area contributed by atoms with Gasteiger partial charge in [-0.2, -0.15) is 0 Å². The number of carbonyl (C=O) groups is 1. The van der Waals surface area contributed by atoms with Gasteiger partial charge in [0, 0.05) is 32.7 Å². The van der Waals surface area contributed by atoms with Crippen molar-refractivity contribution < 1.29 is 9.53 Å². The third kappa shape index (κ3) is 4.51. The maximum atomic E-state index is 12.0. The number of rotatable bonds is 8. The molecule has 1 fully saturated rings. The number of methoxy groups -OCH3 is 1. The van der Waals surface area contributed by atoms with Gasteiger partial charge in [0.05, 0.1) is 18.0 Å². The molecule has 0 unspecified atom stereocenters. The van der Waals surface area contributed by atoms with Crippen LogP contribution in [0, 0.1) is 0 Å². The number of ether oxygens (including phenoxy) is 1. The highest BCUT2D eigenvalue weighted by molar-refractivity contribution is 5.93. The van der Waals surface area contributed by atoms with Crippen molar-refractivity contribution in [2.24, 2.45) is 0 Å². The number of nitrogens with zero attached hydrogens (tertiary/aromatic N) is 1. The lowest BCUT2D eigenvalue weighted by atomic mass is 10.2. The maximum Gasteiger partial charge on any atom is 0.225 e. The molecule has 2 rings (SSSR count). The average molecular weight is 277 g/mol. The first-order chi connectivity index (χ1) is 9.70. The van der Waals surface area contributed by atoms with Crippen LogP contribution >= 0.6 is 0 Å². The van der Waals surface area contributed by atoms with E-state index < -0.39 is 0 Å². The Bertz CT molecular complexity index is 446. The third-order valence-corrected chi connectivity index (χ3v) is 3.51. The summed E-state index contributed by atoms with van der Waals surface area (Å²) in [5.74, 6) is 0.00552. The monoisotopic (exact) mass is 277 g/mol.